The molecule has 27 heavy (non-hydrogen) atoms. The van der Waals surface area contributed by atoms with Crippen molar-refractivity contribution in [2.75, 3.05) is 7.11 Å². The van der Waals surface area contributed by atoms with Crippen LogP contribution in [0.4, 0.5) is 0 Å². The molecule has 0 bridgehead atoms. The van der Waals surface area contributed by atoms with Crippen molar-refractivity contribution < 1.29 is 9.53 Å². The van der Waals surface area contributed by atoms with E-state index in [-0.39, 0.29) is 5.91 Å². The summed E-state index contributed by atoms with van der Waals surface area (Å²) in [6.45, 7) is 3.04. The highest BCUT2D eigenvalue weighted by Gasteiger charge is 2.18. The molecule has 2 aromatic carbocycles. The van der Waals surface area contributed by atoms with Crippen LogP contribution in [0.25, 0.3) is 0 Å². The third-order valence-corrected chi connectivity index (χ3v) is 4.61. The van der Waals surface area contributed by atoms with E-state index in [1.165, 1.54) is 0 Å². The summed E-state index contributed by atoms with van der Waals surface area (Å²) in [5.41, 5.74) is 4.18. The first-order valence-electron chi connectivity index (χ1n) is 9.00. The lowest BCUT2D eigenvalue weighted by molar-refractivity contribution is -0.131. The minimum atomic E-state index is 0.0825. The van der Waals surface area contributed by atoms with Crippen LogP contribution in [0, 0.1) is 6.92 Å². The number of methoxy groups -OCH3 is 1. The van der Waals surface area contributed by atoms with Crippen LogP contribution in [0.5, 0.6) is 5.75 Å². The standard InChI is InChI=1S/C23H24N2O2/c1-18-8-3-4-10-20(18)14-23(26)25(16-19-9-7-13-24-15-19)17-21-11-5-6-12-22(21)27-2/h3-13,15H,14,16-17H2,1-2H3. The van der Waals surface area contributed by atoms with Gasteiger partial charge in [-0.2, -0.15) is 0 Å². The topological polar surface area (TPSA) is 42.4 Å². The van der Waals surface area contributed by atoms with E-state index in [4.69, 9.17) is 4.74 Å². The zero-order valence-electron chi connectivity index (χ0n) is 15.8. The zero-order valence-corrected chi connectivity index (χ0v) is 15.8. The van der Waals surface area contributed by atoms with Crippen LogP contribution in [0.3, 0.4) is 0 Å². The van der Waals surface area contributed by atoms with Crippen LogP contribution >= 0.6 is 0 Å². The van der Waals surface area contributed by atoms with Crippen molar-refractivity contribution in [1.29, 1.82) is 0 Å². The molecular formula is C23H24N2O2. The van der Waals surface area contributed by atoms with E-state index in [1.807, 2.05) is 72.5 Å². The van der Waals surface area contributed by atoms with Crippen LogP contribution in [0.2, 0.25) is 0 Å². The molecule has 0 fully saturated rings. The highest BCUT2D eigenvalue weighted by molar-refractivity contribution is 5.79. The number of para-hydroxylation sites is 1. The number of amides is 1. The molecule has 0 aliphatic heterocycles. The SMILES string of the molecule is COc1ccccc1CN(Cc1cccnc1)C(=O)Cc1ccccc1C. The molecule has 0 saturated carbocycles. The molecule has 0 aliphatic carbocycles. The number of pyridine rings is 1. The van der Waals surface area contributed by atoms with Gasteiger partial charge in [0.15, 0.2) is 0 Å². The fourth-order valence-electron chi connectivity index (χ4n) is 3.07. The number of carbonyl (C=O) groups is 1. The Hall–Kier alpha value is -3.14. The smallest absolute Gasteiger partial charge is 0.227 e. The summed E-state index contributed by atoms with van der Waals surface area (Å²) >= 11 is 0. The number of carbonyl (C=O) groups excluding carboxylic acids is 1. The van der Waals surface area contributed by atoms with Crippen molar-refractivity contribution in [2.45, 2.75) is 26.4 Å². The van der Waals surface area contributed by atoms with Gasteiger partial charge in [0.2, 0.25) is 5.91 Å². The van der Waals surface area contributed by atoms with Crippen molar-refractivity contribution in [3.05, 3.63) is 95.3 Å². The number of hydrogen-bond acceptors (Lipinski definition) is 3. The number of aryl methyl sites for hydroxylation is 1. The normalized spacial score (nSPS) is 10.4. The fraction of sp³-hybridized carbons (Fsp3) is 0.217. The molecule has 4 heteroatoms. The van der Waals surface area contributed by atoms with E-state index in [1.54, 1.807) is 19.5 Å². The Balaban J connectivity index is 1.84. The molecule has 1 heterocycles. The molecule has 0 aliphatic rings. The van der Waals surface area contributed by atoms with Gasteiger partial charge in [0.05, 0.1) is 13.5 Å². The minimum Gasteiger partial charge on any atom is -0.496 e. The first-order chi connectivity index (χ1) is 13.2. The van der Waals surface area contributed by atoms with Gasteiger partial charge in [0.25, 0.3) is 0 Å². The van der Waals surface area contributed by atoms with Crippen molar-refractivity contribution in [3.8, 4) is 5.75 Å². The maximum atomic E-state index is 13.1. The van der Waals surface area contributed by atoms with E-state index < -0.39 is 0 Å². The average Bonchev–Trinajstić information content (AvgIpc) is 2.70. The number of rotatable bonds is 7. The molecule has 1 aromatic heterocycles. The Morgan fingerprint density at radius 2 is 1.70 bits per heavy atom. The van der Waals surface area contributed by atoms with Crippen molar-refractivity contribution >= 4 is 5.91 Å². The van der Waals surface area contributed by atoms with Gasteiger partial charge >= 0.3 is 0 Å². The van der Waals surface area contributed by atoms with Crippen LogP contribution in [-0.2, 0) is 24.3 Å². The minimum absolute atomic E-state index is 0.0825. The van der Waals surface area contributed by atoms with Gasteiger partial charge in [-0.1, -0.05) is 48.5 Å². The van der Waals surface area contributed by atoms with E-state index in [2.05, 4.69) is 4.98 Å². The van der Waals surface area contributed by atoms with Crippen LogP contribution < -0.4 is 4.74 Å². The molecule has 1 amide bonds. The van der Waals surface area contributed by atoms with Crippen LogP contribution in [0.1, 0.15) is 22.3 Å². The Labute approximate surface area is 160 Å². The molecule has 0 radical (unpaired) electrons. The summed E-state index contributed by atoms with van der Waals surface area (Å²) < 4.78 is 5.46. The van der Waals surface area contributed by atoms with Gasteiger partial charge in [-0.25, -0.2) is 0 Å². The van der Waals surface area contributed by atoms with Gasteiger partial charge in [0.1, 0.15) is 5.75 Å². The molecule has 4 nitrogen and oxygen atoms in total. The fourth-order valence-corrected chi connectivity index (χ4v) is 3.07. The maximum Gasteiger partial charge on any atom is 0.227 e. The summed E-state index contributed by atoms with van der Waals surface area (Å²) in [5.74, 6) is 0.872. The average molecular weight is 360 g/mol. The quantitative estimate of drug-likeness (QED) is 0.635. The molecule has 0 spiro atoms. The molecule has 0 N–H and O–H groups in total. The van der Waals surface area contributed by atoms with Crippen molar-refractivity contribution in [3.63, 3.8) is 0 Å². The number of benzene rings is 2. The first-order valence-corrected chi connectivity index (χ1v) is 9.00. The lowest BCUT2D eigenvalue weighted by Gasteiger charge is -2.24. The number of hydrogen-bond donors (Lipinski definition) is 0. The largest absolute Gasteiger partial charge is 0.496 e. The third kappa shape index (κ3) is 4.94. The van der Waals surface area contributed by atoms with E-state index in [9.17, 15) is 4.79 Å². The summed E-state index contributed by atoms with van der Waals surface area (Å²) in [7, 11) is 1.65. The Morgan fingerprint density at radius 3 is 2.41 bits per heavy atom. The Bertz CT molecular complexity index is 894. The highest BCUT2D eigenvalue weighted by atomic mass is 16.5. The molecule has 0 atom stereocenters. The summed E-state index contributed by atoms with van der Waals surface area (Å²) in [6, 6.07) is 19.7. The second kappa shape index (κ2) is 8.99. The molecule has 3 rings (SSSR count). The molecule has 0 saturated heterocycles. The monoisotopic (exact) mass is 360 g/mol. The number of ether oxygens (including phenoxy) is 1. The summed E-state index contributed by atoms with van der Waals surface area (Å²) in [6.07, 6.45) is 3.92. The van der Waals surface area contributed by atoms with E-state index >= 15 is 0 Å². The van der Waals surface area contributed by atoms with Crippen molar-refractivity contribution in [2.24, 2.45) is 0 Å². The molecule has 0 unspecified atom stereocenters. The molecule has 138 valence electrons. The Kier molecular flexibility index (Phi) is 6.21. The first kappa shape index (κ1) is 18.6. The van der Waals surface area contributed by atoms with Gasteiger partial charge in [-0.15, -0.1) is 0 Å². The number of nitrogens with zero attached hydrogens (tertiary/aromatic N) is 2. The van der Waals surface area contributed by atoms with Crippen LogP contribution in [0.15, 0.2) is 73.1 Å². The summed E-state index contributed by atoms with van der Waals surface area (Å²) in [5, 5.41) is 0. The maximum absolute atomic E-state index is 13.1. The lowest BCUT2D eigenvalue weighted by Crippen LogP contribution is -2.31. The highest BCUT2D eigenvalue weighted by Crippen LogP contribution is 2.21. The lowest BCUT2D eigenvalue weighted by atomic mass is 10.0. The predicted octanol–water partition coefficient (Wildman–Crippen LogP) is 4.17. The van der Waals surface area contributed by atoms with Gasteiger partial charge in [-0.05, 0) is 35.7 Å². The molecule has 3 aromatic rings. The second-order valence-corrected chi connectivity index (χ2v) is 6.53. The van der Waals surface area contributed by atoms with Crippen LogP contribution in [-0.4, -0.2) is 22.9 Å². The van der Waals surface area contributed by atoms with Gasteiger partial charge in [-0.3, -0.25) is 9.78 Å². The predicted molar refractivity (Wildman–Crippen MR) is 106 cm³/mol. The third-order valence-electron chi connectivity index (χ3n) is 4.61. The second-order valence-electron chi connectivity index (χ2n) is 6.53. The zero-order chi connectivity index (χ0) is 19.1. The van der Waals surface area contributed by atoms with Crippen molar-refractivity contribution in [1.82, 2.24) is 9.88 Å². The number of aromatic nitrogens is 1. The van der Waals surface area contributed by atoms with E-state index in [0.717, 1.165) is 28.0 Å². The van der Waals surface area contributed by atoms with Gasteiger partial charge in [0, 0.05) is 31.0 Å². The summed E-state index contributed by atoms with van der Waals surface area (Å²) in [4.78, 5) is 19.2. The van der Waals surface area contributed by atoms with E-state index in [0.29, 0.717) is 19.5 Å². The Morgan fingerprint density at radius 1 is 0.963 bits per heavy atom. The molecular weight excluding hydrogens is 336 g/mol. The van der Waals surface area contributed by atoms with Gasteiger partial charge < -0.3 is 9.64 Å².